The van der Waals surface area contributed by atoms with Gasteiger partial charge in [0.15, 0.2) is 5.69 Å². The number of para-hydroxylation sites is 1. The molecular weight excluding hydrogens is 293 g/mol. The average Bonchev–Trinajstić information content (AvgIpc) is 2.48. The molecule has 0 unspecified atom stereocenters. The summed E-state index contributed by atoms with van der Waals surface area (Å²) in [7, 11) is 1.48. The van der Waals surface area contributed by atoms with Crippen molar-refractivity contribution >= 4 is 17.5 Å². The Labute approximate surface area is 126 Å². The standard InChI is InChI=1S/C15H17F3N4/c1-4-10-7-5-6-9(2)13(10)21-12-8-11(15(16,17)18)20-14(19-3)22-12/h5-8H,4H2,1-3H3,(H2,19,20,21,22). The van der Waals surface area contributed by atoms with Crippen molar-refractivity contribution in [1.82, 2.24) is 9.97 Å². The summed E-state index contributed by atoms with van der Waals surface area (Å²) in [5.74, 6) is 0.0274. The first-order chi connectivity index (χ1) is 10.3. The summed E-state index contributed by atoms with van der Waals surface area (Å²) in [4.78, 5) is 7.49. The maximum Gasteiger partial charge on any atom is 0.433 e. The molecule has 2 rings (SSSR count). The van der Waals surface area contributed by atoms with Gasteiger partial charge in [0.1, 0.15) is 5.82 Å². The highest BCUT2D eigenvalue weighted by atomic mass is 19.4. The van der Waals surface area contributed by atoms with E-state index in [1.54, 1.807) is 0 Å². The highest BCUT2D eigenvalue weighted by molar-refractivity contribution is 5.65. The Morgan fingerprint density at radius 2 is 1.91 bits per heavy atom. The molecule has 0 aliphatic heterocycles. The van der Waals surface area contributed by atoms with Crippen LogP contribution in [-0.4, -0.2) is 17.0 Å². The molecule has 0 bridgehead atoms. The molecule has 2 N–H and O–H groups in total. The molecule has 0 fully saturated rings. The number of nitrogens with zero attached hydrogens (tertiary/aromatic N) is 2. The van der Waals surface area contributed by atoms with Crippen LogP contribution >= 0.6 is 0 Å². The summed E-state index contributed by atoms with van der Waals surface area (Å²) in [5, 5.41) is 5.53. The van der Waals surface area contributed by atoms with E-state index in [4.69, 9.17) is 0 Å². The Balaban J connectivity index is 2.46. The van der Waals surface area contributed by atoms with Crippen molar-refractivity contribution in [3.8, 4) is 0 Å². The number of halogens is 3. The van der Waals surface area contributed by atoms with Gasteiger partial charge in [-0.15, -0.1) is 0 Å². The van der Waals surface area contributed by atoms with Crippen LogP contribution < -0.4 is 10.6 Å². The Morgan fingerprint density at radius 3 is 2.50 bits per heavy atom. The van der Waals surface area contributed by atoms with Gasteiger partial charge in [-0.2, -0.15) is 18.2 Å². The van der Waals surface area contributed by atoms with E-state index >= 15 is 0 Å². The summed E-state index contributed by atoms with van der Waals surface area (Å²) in [6.07, 6.45) is -3.76. The van der Waals surface area contributed by atoms with E-state index in [9.17, 15) is 13.2 Å². The number of rotatable bonds is 4. The first-order valence-corrected chi connectivity index (χ1v) is 6.84. The summed E-state index contributed by atoms with van der Waals surface area (Å²) < 4.78 is 38.7. The molecule has 0 atom stereocenters. The third kappa shape index (κ3) is 3.47. The van der Waals surface area contributed by atoms with Crippen LogP contribution in [0.25, 0.3) is 0 Å². The van der Waals surface area contributed by atoms with Crippen LogP contribution in [0.3, 0.4) is 0 Å². The molecule has 2 aromatic rings. The van der Waals surface area contributed by atoms with Crippen molar-refractivity contribution in [3.63, 3.8) is 0 Å². The predicted octanol–water partition coefficient (Wildman–Crippen LogP) is 4.15. The zero-order valence-electron chi connectivity index (χ0n) is 12.5. The van der Waals surface area contributed by atoms with Crippen molar-refractivity contribution < 1.29 is 13.2 Å². The number of hydrogen-bond donors (Lipinski definition) is 2. The van der Waals surface area contributed by atoms with Gasteiger partial charge in [-0.05, 0) is 24.5 Å². The first kappa shape index (κ1) is 16.1. The van der Waals surface area contributed by atoms with Gasteiger partial charge in [0.05, 0.1) is 0 Å². The van der Waals surface area contributed by atoms with Crippen LogP contribution in [-0.2, 0) is 12.6 Å². The first-order valence-electron chi connectivity index (χ1n) is 6.84. The van der Waals surface area contributed by atoms with Gasteiger partial charge >= 0.3 is 6.18 Å². The molecule has 1 heterocycles. The molecule has 0 saturated heterocycles. The van der Waals surface area contributed by atoms with Gasteiger partial charge in [0, 0.05) is 18.8 Å². The van der Waals surface area contributed by atoms with Crippen LogP contribution in [0.1, 0.15) is 23.7 Å². The molecule has 22 heavy (non-hydrogen) atoms. The Kier molecular flexibility index (Phi) is 4.54. The Hall–Kier alpha value is -2.31. The van der Waals surface area contributed by atoms with Gasteiger partial charge in [0.25, 0.3) is 0 Å². The molecule has 1 aromatic carbocycles. The lowest BCUT2D eigenvalue weighted by Gasteiger charge is -2.15. The smallest absolute Gasteiger partial charge is 0.357 e. The third-order valence-corrected chi connectivity index (χ3v) is 3.23. The van der Waals surface area contributed by atoms with Crippen molar-refractivity contribution in [3.05, 3.63) is 41.1 Å². The van der Waals surface area contributed by atoms with Gasteiger partial charge in [0.2, 0.25) is 5.95 Å². The van der Waals surface area contributed by atoms with Gasteiger partial charge in [-0.3, -0.25) is 0 Å². The minimum atomic E-state index is -4.52. The quantitative estimate of drug-likeness (QED) is 0.890. The Bertz CT molecular complexity index is 668. The van der Waals surface area contributed by atoms with Gasteiger partial charge < -0.3 is 10.6 Å². The number of nitrogens with one attached hydrogen (secondary N) is 2. The number of aromatic nitrogens is 2. The van der Waals surface area contributed by atoms with E-state index in [-0.39, 0.29) is 11.8 Å². The van der Waals surface area contributed by atoms with Crippen molar-refractivity contribution in [2.75, 3.05) is 17.7 Å². The van der Waals surface area contributed by atoms with Crippen LogP contribution in [0, 0.1) is 6.92 Å². The number of alkyl halides is 3. The molecule has 4 nitrogen and oxygen atoms in total. The largest absolute Gasteiger partial charge is 0.433 e. The predicted molar refractivity (Wildman–Crippen MR) is 80.4 cm³/mol. The summed E-state index contributed by atoms with van der Waals surface area (Å²) in [6, 6.07) is 6.65. The SMILES string of the molecule is CCc1cccc(C)c1Nc1cc(C(F)(F)F)nc(NC)n1. The molecule has 0 aliphatic rings. The van der Waals surface area contributed by atoms with Gasteiger partial charge in [-0.1, -0.05) is 25.1 Å². The minimum Gasteiger partial charge on any atom is -0.357 e. The number of anilines is 3. The van der Waals surface area contributed by atoms with Crippen LogP contribution in [0.2, 0.25) is 0 Å². The van der Waals surface area contributed by atoms with E-state index in [0.29, 0.717) is 0 Å². The monoisotopic (exact) mass is 310 g/mol. The number of hydrogen-bond acceptors (Lipinski definition) is 4. The van der Waals surface area contributed by atoms with E-state index in [1.807, 2.05) is 32.0 Å². The van der Waals surface area contributed by atoms with E-state index in [2.05, 4.69) is 20.6 Å². The van der Waals surface area contributed by atoms with Crippen molar-refractivity contribution in [2.24, 2.45) is 0 Å². The molecule has 0 radical (unpaired) electrons. The Morgan fingerprint density at radius 1 is 1.18 bits per heavy atom. The lowest BCUT2D eigenvalue weighted by Crippen LogP contribution is -2.12. The van der Waals surface area contributed by atoms with Crippen LogP contribution in [0.5, 0.6) is 0 Å². The number of benzene rings is 1. The topological polar surface area (TPSA) is 49.8 Å². The lowest BCUT2D eigenvalue weighted by atomic mass is 10.1. The number of aryl methyl sites for hydroxylation is 2. The molecular formula is C15H17F3N4. The lowest BCUT2D eigenvalue weighted by molar-refractivity contribution is -0.141. The van der Waals surface area contributed by atoms with E-state index in [0.717, 1.165) is 29.3 Å². The second-order valence-corrected chi connectivity index (χ2v) is 4.80. The fourth-order valence-corrected chi connectivity index (χ4v) is 2.10. The minimum absolute atomic E-state index is 0.0797. The van der Waals surface area contributed by atoms with Gasteiger partial charge in [-0.25, -0.2) is 4.98 Å². The van der Waals surface area contributed by atoms with Crippen molar-refractivity contribution in [2.45, 2.75) is 26.4 Å². The fraction of sp³-hybridized carbons (Fsp3) is 0.333. The maximum atomic E-state index is 12.9. The molecule has 0 spiro atoms. The zero-order valence-corrected chi connectivity index (χ0v) is 12.5. The molecule has 1 aromatic heterocycles. The van der Waals surface area contributed by atoms with E-state index < -0.39 is 11.9 Å². The summed E-state index contributed by atoms with van der Waals surface area (Å²) in [5.41, 5.74) is 1.75. The third-order valence-electron chi connectivity index (χ3n) is 3.23. The van der Waals surface area contributed by atoms with Crippen LogP contribution in [0.4, 0.5) is 30.6 Å². The second-order valence-electron chi connectivity index (χ2n) is 4.80. The van der Waals surface area contributed by atoms with E-state index in [1.165, 1.54) is 7.05 Å². The fourth-order valence-electron chi connectivity index (χ4n) is 2.10. The average molecular weight is 310 g/mol. The normalized spacial score (nSPS) is 11.4. The molecule has 0 amide bonds. The highest BCUT2D eigenvalue weighted by Crippen LogP contribution is 2.31. The van der Waals surface area contributed by atoms with Crippen molar-refractivity contribution in [1.29, 1.82) is 0 Å². The molecule has 7 heteroatoms. The second kappa shape index (κ2) is 6.21. The maximum absolute atomic E-state index is 12.9. The molecule has 118 valence electrons. The summed E-state index contributed by atoms with van der Waals surface area (Å²) >= 11 is 0. The van der Waals surface area contributed by atoms with Crippen LogP contribution in [0.15, 0.2) is 24.3 Å². The highest BCUT2D eigenvalue weighted by Gasteiger charge is 2.33. The summed E-state index contributed by atoms with van der Waals surface area (Å²) in [6.45, 7) is 3.88. The molecule has 0 aliphatic carbocycles. The molecule has 0 saturated carbocycles. The zero-order chi connectivity index (χ0) is 16.3.